The van der Waals surface area contributed by atoms with Gasteiger partial charge in [-0.25, -0.2) is 4.98 Å². The summed E-state index contributed by atoms with van der Waals surface area (Å²) in [6.45, 7) is 3.30. The molecule has 0 saturated carbocycles. The van der Waals surface area contributed by atoms with Gasteiger partial charge in [-0.05, 0) is 6.42 Å². The Kier molecular flexibility index (Phi) is 3.34. The third kappa shape index (κ3) is 2.79. The molecule has 1 aliphatic heterocycles. The van der Waals surface area contributed by atoms with E-state index in [-0.39, 0.29) is 11.8 Å². The van der Waals surface area contributed by atoms with Gasteiger partial charge in [0.2, 0.25) is 5.91 Å². The minimum Gasteiger partial charge on any atom is -0.356 e. The fraction of sp³-hybridized carbons (Fsp3) is 0.600. The lowest BCUT2D eigenvalue weighted by Gasteiger charge is -2.25. The maximum absolute atomic E-state index is 11.4. The van der Waals surface area contributed by atoms with Crippen LogP contribution in [0.25, 0.3) is 0 Å². The van der Waals surface area contributed by atoms with E-state index in [0.29, 0.717) is 0 Å². The summed E-state index contributed by atoms with van der Waals surface area (Å²) in [7, 11) is 0. The molecule has 1 aliphatic rings. The van der Waals surface area contributed by atoms with E-state index in [9.17, 15) is 4.79 Å². The Balaban J connectivity index is 1.56. The summed E-state index contributed by atoms with van der Waals surface area (Å²) in [6.07, 6.45) is 6.43. The molecule has 1 aromatic rings. The van der Waals surface area contributed by atoms with Crippen molar-refractivity contribution in [3.8, 4) is 0 Å². The molecule has 0 unspecified atom stereocenters. The molecular formula is C10H16N4O. The fourth-order valence-electron chi connectivity index (χ4n) is 1.51. The Hall–Kier alpha value is -1.36. The molecule has 82 valence electrons. The number of hydrogen-bond acceptors (Lipinski definition) is 3. The number of rotatable bonds is 5. The van der Waals surface area contributed by atoms with Gasteiger partial charge in [0.05, 0.1) is 12.2 Å². The van der Waals surface area contributed by atoms with Crippen LogP contribution in [-0.2, 0) is 11.3 Å². The van der Waals surface area contributed by atoms with E-state index in [0.717, 1.165) is 32.6 Å². The SMILES string of the molecule is O=C(NCCCn1ccnc1)C1CNC1. The number of carbonyl (C=O) groups is 1. The van der Waals surface area contributed by atoms with Crippen molar-refractivity contribution in [2.75, 3.05) is 19.6 Å². The number of carbonyl (C=O) groups excluding carboxylic acids is 1. The Bertz CT molecular complexity index is 305. The van der Waals surface area contributed by atoms with E-state index in [1.807, 2.05) is 10.8 Å². The van der Waals surface area contributed by atoms with Crippen LogP contribution in [0.4, 0.5) is 0 Å². The molecule has 15 heavy (non-hydrogen) atoms. The Morgan fingerprint density at radius 1 is 1.60 bits per heavy atom. The normalized spacial score (nSPS) is 16.0. The van der Waals surface area contributed by atoms with E-state index in [2.05, 4.69) is 15.6 Å². The second-order valence-electron chi connectivity index (χ2n) is 3.80. The standard InChI is InChI=1S/C10H16N4O/c15-10(9-6-12-7-9)13-2-1-4-14-5-3-11-8-14/h3,5,8-9,12H,1-2,4,6-7H2,(H,13,15). The van der Waals surface area contributed by atoms with E-state index in [4.69, 9.17) is 0 Å². The van der Waals surface area contributed by atoms with Crippen LogP contribution in [0.15, 0.2) is 18.7 Å². The van der Waals surface area contributed by atoms with Crippen molar-refractivity contribution in [2.24, 2.45) is 5.92 Å². The number of imidazole rings is 1. The van der Waals surface area contributed by atoms with Crippen LogP contribution in [0.5, 0.6) is 0 Å². The molecule has 0 radical (unpaired) electrons. The average molecular weight is 208 g/mol. The molecule has 2 rings (SSSR count). The number of aromatic nitrogens is 2. The molecule has 5 nitrogen and oxygen atoms in total. The summed E-state index contributed by atoms with van der Waals surface area (Å²) in [5.41, 5.74) is 0. The molecule has 0 atom stereocenters. The lowest BCUT2D eigenvalue weighted by atomic mass is 10.0. The molecular weight excluding hydrogens is 192 g/mol. The van der Waals surface area contributed by atoms with Crippen LogP contribution >= 0.6 is 0 Å². The molecule has 2 N–H and O–H groups in total. The van der Waals surface area contributed by atoms with Crippen LogP contribution in [-0.4, -0.2) is 35.1 Å². The van der Waals surface area contributed by atoms with Crippen molar-refractivity contribution >= 4 is 5.91 Å². The molecule has 0 spiro atoms. The molecule has 0 aromatic carbocycles. The number of hydrogen-bond donors (Lipinski definition) is 2. The van der Waals surface area contributed by atoms with Gasteiger partial charge >= 0.3 is 0 Å². The van der Waals surface area contributed by atoms with E-state index >= 15 is 0 Å². The first-order valence-corrected chi connectivity index (χ1v) is 5.30. The molecule has 0 aliphatic carbocycles. The topological polar surface area (TPSA) is 59.0 Å². The highest BCUT2D eigenvalue weighted by atomic mass is 16.2. The van der Waals surface area contributed by atoms with Crippen molar-refractivity contribution in [3.63, 3.8) is 0 Å². The summed E-state index contributed by atoms with van der Waals surface area (Å²) in [6, 6.07) is 0. The highest BCUT2D eigenvalue weighted by Crippen LogP contribution is 2.01. The zero-order chi connectivity index (χ0) is 10.5. The lowest BCUT2D eigenvalue weighted by Crippen LogP contribution is -2.50. The van der Waals surface area contributed by atoms with Gasteiger partial charge in [0.25, 0.3) is 0 Å². The summed E-state index contributed by atoms with van der Waals surface area (Å²) >= 11 is 0. The predicted molar refractivity (Wildman–Crippen MR) is 56.2 cm³/mol. The van der Waals surface area contributed by atoms with E-state index in [1.54, 1.807) is 12.5 Å². The molecule has 1 saturated heterocycles. The second-order valence-corrected chi connectivity index (χ2v) is 3.80. The van der Waals surface area contributed by atoms with Crippen molar-refractivity contribution < 1.29 is 4.79 Å². The molecule has 0 bridgehead atoms. The maximum Gasteiger partial charge on any atom is 0.225 e. The highest BCUT2D eigenvalue weighted by molar-refractivity contribution is 5.79. The smallest absolute Gasteiger partial charge is 0.225 e. The minimum atomic E-state index is 0.180. The Morgan fingerprint density at radius 3 is 3.07 bits per heavy atom. The summed E-state index contributed by atoms with van der Waals surface area (Å²) in [5, 5.41) is 6.02. The Morgan fingerprint density at radius 2 is 2.47 bits per heavy atom. The third-order valence-electron chi connectivity index (χ3n) is 2.60. The van der Waals surface area contributed by atoms with Crippen LogP contribution in [0.2, 0.25) is 0 Å². The monoisotopic (exact) mass is 208 g/mol. The average Bonchev–Trinajstić information content (AvgIpc) is 2.62. The quantitative estimate of drug-likeness (QED) is 0.648. The molecule has 1 amide bonds. The molecule has 2 heterocycles. The van der Waals surface area contributed by atoms with E-state index in [1.165, 1.54) is 0 Å². The summed E-state index contributed by atoms with van der Waals surface area (Å²) in [5.74, 6) is 0.373. The number of nitrogens with zero attached hydrogens (tertiary/aromatic N) is 2. The molecule has 5 heteroatoms. The van der Waals surface area contributed by atoms with Gasteiger partial charge in [0.15, 0.2) is 0 Å². The number of nitrogens with one attached hydrogen (secondary N) is 2. The second kappa shape index (κ2) is 4.93. The van der Waals surface area contributed by atoms with Gasteiger partial charge < -0.3 is 15.2 Å². The van der Waals surface area contributed by atoms with Gasteiger partial charge in [-0.2, -0.15) is 0 Å². The van der Waals surface area contributed by atoms with Crippen molar-refractivity contribution in [1.29, 1.82) is 0 Å². The molecule has 1 fully saturated rings. The van der Waals surface area contributed by atoms with Crippen LogP contribution in [0.3, 0.4) is 0 Å². The first-order chi connectivity index (χ1) is 7.36. The van der Waals surface area contributed by atoms with Gasteiger partial charge in [-0.3, -0.25) is 4.79 Å². The van der Waals surface area contributed by atoms with Gasteiger partial charge in [0.1, 0.15) is 0 Å². The maximum atomic E-state index is 11.4. The number of amides is 1. The van der Waals surface area contributed by atoms with Gasteiger partial charge in [-0.15, -0.1) is 0 Å². The Labute approximate surface area is 88.9 Å². The van der Waals surface area contributed by atoms with E-state index < -0.39 is 0 Å². The van der Waals surface area contributed by atoms with Crippen LogP contribution < -0.4 is 10.6 Å². The van der Waals surface area contributed by atoms with Gasteiger partial charge in [-0.1, -0.05) is 0 Å². The van der Waals surface area contributed by atoms with Crippen molar-refractivity contribution in [1.82, 2.24) is 20.2 Å². The zero-order valence-corrected chi connectivity index (χ0v) is 8.65. The summed E-state index contributed by atoms with van der Waals surface area (Å²) in [4.78, 5) is 15.4. The van der Waals surface area contributed by atoms with Crippen LogP contribution in [0, 0.1) is 5.92 Å². The highest BCUT2D eigenvalue weighted by Gasteiger charge is 2.23. The zero-order valence-electron chi connectivity index (χ0n) is 8.65. The van der Waals surface area contributed by atoms with Gasteiger partial charge in [0, 0.05) is 38.6 Å². The largest absolute Gasteiger partial charge is 0.356 e. The lowest BCUT2D eigenvalue weighted by molar-refractivity contribution is -0.126. The van der Waals surface area contributed by atoms with Crippen molar-refractivity contribution in [2.45, 2.75) is 13.0 Å². The fourth-order valence-corrected chi connectivity index (χ4v) is 1.51. The first kappa shape index (κ1) is 10.2. The number of aryl methyl sites for hydroxylation is 1. The molecule has 1 aromatic heterocycles. The van der Waals surface area contributed by atoms with Crippen LogP contribution in [0.1, 0.15) is 6.42 Å². The third-order valence-corrected chi connectivity index (χ3v) is 2.60. The predicted octanol–water partition coefficient (Wildman–Crippen LogP) is -0.391. The van der Waals surface area contributed by atoms with Crippen molar-refractivity contribution in [3.05, 3.63) is 18.7 Å². The minimum absolute atomic E-state index is 0.180. The summed E-state index contributed by atoms with van der Waals surface area (Å²) < 4.78 is 2.01. The first-order valence-electron chi connectivity index (χ1n) is 5.30.